The highest BCUT2D eigenvalue weighted by atomic mass is 16.5. The largest absolute Gasteiger partial charge is 0.458 e. The van der Waals surface area contributed by atoms with Gasteiger partial charge >= 0.3 is 0 Å². The van der Waals surface area contributed by atoms with Crippen LogP contribution in [-0.4, -0.2) is 22.6 Å². The van der Waals surface area contributed by atoms with Gasteiger partial charge < -0.3 is 18.8 Å². The van der Waals surface area contributed by atoms with Gasteiger partial charge in [-0.05, 0) is 243 Å². The van der Waals surface area contributed by atoms with Gasteiger partial charge in [0.1, 0.15) is 11.5 Å². The van der Waals surface area contributed by atoms with Gasteiger partial charge in [0.2, 0.25) is 0 Å². The van der Waals surface area contributed by atoms with E-state index < -0.39 is 0 Å². The maximum atomic E-state index is 8.03. The predicted molar refractivity (Wildman–Crippen MR) is 426 cm³/mol. The molecule has 4 nitrogen and oxygen atoms in total. The molecule has 98 heavy (non-hydrogen) atoms. The number of aromatic nitrogens is 2. The maximum absolute atomic E-state index is 8.03. The van der Waals surface area contributed by atoms with Gasteiger partial charge in [-0.15, -0.1) is 0 Å². The minimum atomic E-state index is -0.164. The Labute approximate surface area is 585 Å². The fourth-order valence-corrected chi connectivity index (χ4v) is 17.7. The third-order valence-electron chi connectivity index (χ3n) is 22.8. The van der Waals surface area contributed by atoms with E-state index in [0.29, 0.717) is 0 Å². The molecule has 0 saturated carbocycles. The molecule has 0 N–H and O–H groups in total. The van der Waals surface area contributed by atoms with Crippen molar-refractivity contribution in [3.8, 4) is 45.1 Å². The Morgan fingerprint density at radius 3 is 1.16 bits per heavy atom. The number of rotatable bonds is 3. The Bertz CT molecular complexity index is 5500. The van der Waals surface area contributed by atoms with E-state index in [1.54, 1.807) is 0 Å². The number of hydrogen-bond donors (Lipinski definition) is 0. The van der Waals surface area contributed by atoms with Crippen molar-refractivity contribution in [1.29, 1.82) is 0 Å². The normalized spacial score (nSPS) is 14.4. The summed E-state index contributed by atoms with van der Waals surface area (Å²) in [5, 5.41) is 5.24. The molecular weight excluding hydrogens is 1180 g/mol. The molecule has 0 atom stereocenters. The second kappa shape index (κ2) is 20.6. The summed E-state index contributed by atoms with van der Waals surface area (Å²) in [5.41, 5.74) is 37.6. The number of anilines is 3. The number of benzene rings is 10. The second-order valence-electron chi connectivity index (χ2n) is 37.5. The van der Waals surface area contributed by atoms with Gasteiger partial charge in [0.15, 0.2) is 0 Å². The first-order valence-electron chi connectivity index (χ1n) is 36.3. The molecule has 0 unspecified atom stereocenters. The summed E-state index contributed by atoms with van der Waals surface area (Å²) >= 11 is 0. The summed E-state index contributed by atoms with van der Waals surface area (Å²) in [6, 6.07) is 59.6. The van der Waals surface area contributed by atoms with Crippen molar-refractivity contribution in [2.75, 3.05) is 4.90 Å². The van der Waals surface area contributed by atoms with Gasteiger partial charge in [-0.2, -0.15) is 0 Å². The highest BCUT2D eigenvalue weighted by molar-refractivity contribution is 7.02. The van der Waals surface area contributed by atoms with E-state index in [9.17, 15) is 0 Å². The van der Waals surface area contributed by atoms with Crippen LogP contribution in [0.25, 0.3) is 77.2 Å². The summed E-state index contributed by atoms with van der Waals surface area (Å²) < 4.78 is 13.4. The van der Waals surface area contributed by atoms with Crippen molar-refractivity contribution in [2.45, 2.75) is 211 Å². The van der Waals surface area contributed by atoms with E-state index in [-0.39, 0.29) is 51.3 Å². The van der Waals surface area contributed by atoms with Crippen molar-refractivity contribution < 1.29 is 4.74 Å². The van der Waals surface area contributed by atoms with E-state index in [4.69, 9.17) is 4.74 Å². The van der Waals surface area contributed by atoms with Crippen LogP contribution in [0.3, 0.4) is 0 Å². The monoisotopic (exact) mass is 1280 g/mol. The lowest BCUT2D eigenvalue weighted by Gasteiger charge is -2.43. The molecule has 12 aromatic rings. The first kappa shape index (κ1) is 64.2. The Balaban J connectivity index is 1.08. The molecule has 2 aromatic heterocycles. The molecular formula is C92H99B2N3O. The van der Waals surface area contributed by atoms with Gasteiger partial charge in [0, 0.05) is 67.1 Å². The van der Waals surface area contributed by atoms with Crippen LogP contribution in [0.15, 0.2) is 146 Å². The van der Waals surface area contributed by atoms with Gasteiger partial charge in [0.05, 0.1) is 11.0 Å². The zero-order valence-electron chi connectivity index (χ0n) is 63.3. The summed E-state index contributed by atoms with van der Waals surface area (Å²) in [5.74, 6) is 1.83. The predicted octanol–water partition coefficient (Wildman–Crippen LogP) is 21.1. The fourth-order valence-electron chi connectivity index (χ4n) is 17.7. The lowest BCUT2D eigenvalue weighted by Crippen LogP contribution is -2.63. The summed E-state index contributed by atoms with van der Waals surface area (Å²) in [6.45, 7) is 58.6. The molecule has 4 aliphatic rings. The topological polar surface area (TPSA) is 22.3 Å². The first-order valence-corrected chi connectivity index (χ1v) is 36.3. The number of nitrogens with zero attached hydrogens (tertiary/aromatic N) is 3. The molecule has 4 aliphatic heterocycles. The second-order valence-corrected chi connectivity index (χ2v) is 37.5. The fraction of sp³-hybridized carbons (Fsp3) is 0.348. The van der Waals surface area contributed by atoms with E-state index in [0.717, 1.165) is 22.9 Å². The number of ether oxygens (including phenoxy) is 1. The van der Waals surface area contributed by atoms with Crippen molar-refractivity contribution >= 4 is 107 Å². The van der Waals surface area contributed by atoms with Crippen molar-refractivity contribution in [3.05, 3.63) is 207 Å². The molecule has 0 aliphatic carbocycles. The molecule has 0 bridgehead atoms. The molecule has 0 fully saturated rings. The lowest BCUT2D eigenvalue weighted by molar-refractivity contribution is 0.487. The molecule has 6 heteroatoms. The van der Waals surface area contributed by atoms with Gasteiger partial charge in [-0.3, -0.25) is 0 Å². The van der Waals surface area contributed by atoms with Crippen LogP contribution in [-0.2, 0) is 37.9 Å². The number of fused-ring (bicyclic) bond motifs is 14. The van der Waals surface area contributed by atoms with Crippen molar-refractivity contribution in [1.82, 2.24) is 9.13 Å². The quantitative estimate of drug-likeness (QED) is 0.165. The smallest absolute Gasteiger partial charge is 0.256 e. The van der Waals surface area contributed by atoms with Crippen LogP contribution in [0.2, 0.25) is 0 Å². The molecule has 10 aromatic carbocycles. The van der Waals surface area contributed by atoms with Crippen molar-refractivity contribution in [2.24, 2.45) is 0 Å². The summed E-state index contributed by atoms with van der Waals surface area (Å²) in [6.07, 6.45) is 0. The zero-order chi connectivity index (χ0) is 69.8. The number of aryl methyl sites for hydroxylation is 4. The minimum absolute atomic E-state index is 0.0456. The molecule has 494 valence electrons. The Hall–Kier alpha value is -8.47. The molecule has 6 heterocycles. The molecule has 16 rings (SSSR count). The average Bonchev–Trinajstić information content (AvgIpc) is 1.32. The van der Waals surface area contributed by atoms with E-state index in [1.165, 1.54) is 177 Å². The standard InChI is InChI=1S/C92H99B2N3O/c1-50-34-52(3)80(66(36-50)91(20,21)22)54-38-75-82-76(39-54)96-72-32-28-57(87(8,9)10)42-62(72)64-44-59(89(14,15)16)46-70(84(64)96)93(82)68-48-69-78(49-74(68)95(75)61-30-26-56(27-31-61)86(5,6)7)98-79-41-55(81-53(4)35-51(2)37-67(81)92(23,24)25)40-77-83(79)94(69)71-47-60(90(17,18)19)45-65-63-43-58(88(11,12)13)29-33-73(63)97(77)85(65)71/h26-49H,1-25H3. The Morgan fingerprint density at radius 2 is 0.714 bits per heavy atom. The van der Waals surface area contributed by atoms with E-state index >= 15 is 0 Å². The van der Waals surface area contributed by atoms with E-state index in [2.05, 4.69) is 333 Å². The van der Waals surface area contributed by atoms with Gasteiger partial charge in [-0.1, -0.05) is 223 Å². The molecule has 0 saturated heterocycles. The van der Waals surface area contributed by atoms with Crippen LogP contribution in [0.1, 0.15) is 207 Å². The van der Waals surface area contributed by atoms with Crippen LogP contribution >= 0.6 is 0 Å². The van der Waals surface area contributed by atoms with Crippen LogP contribution in [0, 0.1) is 27.7 Å². The molecule has 0 radical (unpaired) electrons. The SMILES string of the molecule is Cc1cc(C)c(-c2cc3c4c(c2)-n2c5ccc(C(C)(C)C)cc5c5cc(C(C)(C)C)cc(c52)B4c2cc4c(cc2O3)N(c2ccc(C(C)(C)C)cc2)c2cc(-c3c(C)cc(C)cc3C(C)(C)C)cc3c2B4c2cc(C(C)(C)C)cc4c5cc(C(C)(C)C)ccc5n-3c24)c(C(C)(C)C)c1. The highest BCUT2D eigenvalue weighted by Crippen LogP contribution is 2.51. The third-order valence-corrected chi connectivity index (χ3v) is 22.8. The summed E-state index contributed by atoms with van der Waals surface area (Å²) in [7, 11) is 0. The van der Waals surface area contributed by atoms with Gasteiger partial charge in [-0.25, -0.2) is 0 Å². The summed E-state index contributed by atoms with van der Waals surface area (Å²) in [4.78, 5) is 2.65. The highest BCUT2D eigenvalue weighted by Gasteiger charge is 2.48. The van der Waals surface area contributed by atoms with Crippen molar-refractivity contribution in [3.63, 3.8) is 0 Å². The zero-order valence-corrected chi connectivity index (χ0v) is 63.3. The van der Waals surface area contributed by atoms with Crippen LogP contribution in [0.4, 0.5) is 17.1 Å². The lowest BCUT2D eigenvalue weighted by atomic mass is 9.30. The Kier molecular flexibility index (Phi) is 13.5. The van der Waals surface area contributed by atoms with Crippen LogP contribution in [0.5, 0.6) is 11.5 Å². The maximum Gasteiger partial charge on any atom is 0.256 e. The first-order chi connectivity index (χ1) is 45.6. The number of hydrogen-bond acceptors (Lipinski definition) is 2. The average molecular weight is 1280 g/mol. The van der Waals surface area contributed by atoms with Crippen LogP contribution < -0.4 is 42.4 Å². The third kappa shape index (κ3) is 9.58. The minimum Gasteiger partial charge on any atom is -0.458 e. The molecule has 0 spiro atoms. The van der Waals surface area contributed by atoms with Gasteiger partial charge in [0.25, 0.3) is 13.4 Å². The van der Waals surface area contributed by atoms with E-state index in [1.807, 2.05) is 0 Å². The Morgan fingerprint density at radius 1 is 0.306 bits per heavy atom. The molecule has 0 amide bonds.